The number of carboxylic acid groups (broad SMARTS) is 1. The molecule has 2 rings (SSSR count). The molecule has 0 aliphatic carbocycles. The number of nitrogens with zero attached hydrogens (tertiary/aromatic N) is 2. The minimum atomic E-state index is -0.992. The van der Waals surface area contributed by atoms with Gasteiger partial charge >= 0.3 is 5.97 Å². The molecule has 1 amide bonds. The van der Waals surface area contributed by atoms with Crippen molar-refractivity contribution in [2.24, 2.45) is 0 Å². The van der Waals surface area contributed by atoms with E-state index in [-0.39, 0.29) is 24.7 Å². The van der Waals surface area contributed by atoms with Gasteiger partial charge in [-0.25, -0.2) is 0 Å². The Hall–Kier alpha value is -1.92. The molecule has 0 aromatic heterocycles. The Balaban J connectivity index is 2.00. The van der Waals surface area contributed by atoms with Crippen LogP contribution in [0.2, 0.25) is 0 Å². The molecule has 25 heavy (non-hydrogen) atoms. The zero-order chi connectivity index (χ0) is 18.4. The van der Waals surface area contributed by atoms with Gasteiger partial charge in [-0.05, 0) is 38.0 Å². The number of carboxylic acids is 1. The van der Waals surface area contributed by atoms with Crippen LogP contribution in [0.15, 0.2) is 24.3 Å². The number of carbonyl (C=O) groups is 2. The smallest absolute Gasteiger partial charge is 0.323 e. The van der Waals surface area contributed by atoms with Gasteiger partial charge in [0.2, 0.25) is 0 Å². The summed E-state index contributed by atoms with van der Waals surface area (Å²) in [5.41, 5.74) is 1.67. The second kappa shape index (κ2) is 8.97. The third-order valence-corrected chi connectivity index (χ3v) is 4.21. The van der Waals surface area contributed by atoms with Gasteiger partial charge in [0.1, 0.15) is 6.54 Å². The largest absolute Gasteiger partial charge is 0.480 e. The van der Waals surface area contributed by atoms with E-state index in [1.54, 1.807) is 12.1 Å². The summed E-state index contributed by atoms with van der Waals surface area (Å²) in [4.78, 5) is 27.2. The number of morpholine rings is 1. The molecule has 0 saturated carbocycles. The lowest BCUT2D eigenvalue weighted by Gasteiger charge is -2.35. The van der Waals surface area contributed by atoms with E-state index in [0.717, 1.165) is 31.6 Å². The number of benzene rings is 1. The summed E-state index contributed by atoms with van der Waals surface area (Å²) in [7, 11) is 0. The third kappa shape index (κ3) is 5.83. The quantitative estimate of drug-likeness (QED) is 0.818. The second-order valence-corrected chi connectivity index (χ2v) is 6.77. The lowest BCUT2D eigenvalue weighted by Crippen LogP contribution is -2.44. The summed E-state index contributed by atoms with van der Waals surface area (Å²) in [6, 6.07) is 7.47. The molecule has 138 valence electrons. The van der Waals surface area contributed by atoms with E-state index in [1.807, 2.05) is 19.1 Å². The molecular formula is C19H28N2O4. The lowest BCUT2D eigenvalue weighted by atomic mass is 10.1. The molecule has 1 saturated heterocycles. The fourth-order valence-corrected chi connectivity index (χ4v) is 3.29. The molecular weight excluding hydrogens is 320 g/mol. The Morgan fingerprint density at radius 2 is 1.80 bits per heavy atom. The highest BCUT2D eigenvalue weighted by atomic mass is 16.5. The van der Waals surface area contributed by atoms with Crippen molar-refractivity contribution in [2.75, 3.05) is 26.2 Å². The first-order valence-corrected chi connectivity index (χ1v) is 8.86. The number of amides is 1. The number of rotatable bonds is 7. The summed E-state index contributed by atoms with van der Waals surface area (Å²) >= 11 is 0. The average Bonchev–Trinajstić information content (AvgIpc) is 2.53. The van der Waals surface area contributed by atoms with E-state index < -0.39 is 5.97 Å². The molecule has 1 heterocycles. The van der Waals surface area contributed by atoms with E-state index >= 15 is 0 Å². The summed E-state index contributed by atoms with van der Waals surface area (Å²) in [5.74, 6) is -1.22. The van der Waals surface area contributed by atoms with Crippen molar-refractivity contribution in [1.82, 2.24) is 9.80 Å². The number of hydrogen-bond donors (Lipinski definition) is 1. The molecule has 6 heteroatoms. The van der Waals surface area contributed by atoms with Crippen LogP contribution in [-0.4, -0.2) is 65.2 Å². The molecule has 1 N–H and O–H groups in total. The molecule has 0 bridgehead atoms. The van der Waals surface area contributed by atoms with Crippen LogP contribution in [0.3, 0.4) is 0 Å². The Morgan fingerprint density at radius 1 is 1.20 bits per heavy atom. The van der Waals surface area contributed by atoms with Crippen LogP contribution in [0, 0.1) is 0 Å². The Kier molecular flexibility index (Phi) is 6.96. The molecule has 1 aliphatic heterocycles. The van der Waals surface area contributed by atoms with E-state index in [1.165, 1.54) is 4.90 Å². The first-order valence-electron chi connectivity index (χ1n) is 8.86. The van der Waals surface area contributed by atoms with E-state index in [9.17, 15) is 9.59 Å². The van der Waals surface area contributed by atoms with Gasteiger partial charge in [-0.2, -0.15) is 0 Å². The molecule has 1 aliphatic rings. The molecule has 0 radical (unpaired) electrons. The first-order chi connectivity index (χ1) is 11.9. The lowest BCUT2D eigenvalue weighted by molar-refractivity contribution is -0.137. The summed E-state index contributed by atoms with van der Waals surface area (Å²) in [6.07, 6.45) is 1.18. The van der Waals surface area contributed by atoms with Crippen LogP contribution < -0.4 is 0 Å². The van der Waals surface area contributed by atoms with Crippen molar-refractivity contribution in [2.45, 2.75) is 45.9 Å². The van der Waals surface area contributed by atoms with Crippen LogP contribution >= 0.6 is 0 Å². The van der Waals surface area contributed by atoms with Gasteiger partial charge in [0.05, 0.1) is 12.2 Å². The molecule has 2 atom stereocenters. The number of carbonyl (C=O) groups excluding carboxylic acids is 1. The Bertz CT molecular complexity index is 578. The molecule has 6 nitrogen and oxygen atoms in total. The van der Waals surface area contributed by atoms with E-state index in [4.69, 9.17) is 9.84 Å². The van der Waals surface area contributed by atoms with Gasteiger partial charge in [0.15, 0.2) is 0 Å². The topological polar surface area (TPSA) is 70.1 Å². The molecule has 2 unspecified atom stereocenters. The van der Waals surface area contributed by atoms with Crippen LogP contribution in [-0.2, 0) is 16.1 Å². The van der Waals surface area contributed by atoms with Gasteiger partial charge in [0.25, 0.3) is 5.91 Å². The fourth-order valence-electron chi connectivity index (χ4n) is 3.29. The van der Waals surface area contributed by atoms with Crippen LogP contribution in [0.5, 0.6) is 0 Å². The standard InChI is InChI=1S/C19H28N2O4/c1-4-9-21(13-18(22)23)19(24)17-7-5-16(6-8-17)12-20-10-14(2)25-15(3)11-20/h5-8,14-15H,4,9-13H2,1-3H3,(H,22,23). The molecule has 1 aromatic rings. The summed E-state index contributed by atoms with van der Waals surface area (Å²) < 4.78 is 5.75. The van der Waals surface area contributed by atoms with Gasteiger partial charge in [-0.15, -0.1) is 0 Å². The Morgan fingerprint density at radius 3 is 2.32 bits per heavy atom. The highest BCUT2D eigenvalue weighted by molar-refractivity contribution is 5.95. The normalized spacial score (nSPS) is 21.1. The molecule has 1 aromatic carbocycles. The van der Waals surface area contributed by atoms with Crippen LogP contribution in [0.25, 0.3) is 0 Å². The second-order valence-electron chi connectivity index (χ2n) is 6.77. The van der Waals surface area contributed by atoms with Crippen molar-refractivity contribution in [3.05, 3.63) is 35.4 Å². The zero-order valence-corrected chi connectivity index (χ0v) is 15.3. The van der Waals surface area contributed by atoms with Gasteiger partial charge in [-0.3, -0.25) is 14.5 Å². The monoisotopic (exact) mass is 348 g/mol. The number of hydrogen-bond acceptors (Lipinski definition) is 4. The van der Waals surface area contributed by atoms with Crippen LogP contribution in [0.4, 0.5) is 0 Å². The minimum Gasteiger partial charge on any atom is -0.480 e. The summed E-state index contributed by atoms with van der Waals surface area (Å²) in [5, 5.41) is 8.97. The number of ether oxygens (including phenoxy) is 1. The number of aliphatic carboxylic acids is 1. The molecule has 0 spiro atoms. The van der Waals surface area contributed by atoms with Crippen molar-refractivity contribution >= 4 is 11.9 Å². The SMILES string of the molecule is CCCN(CC(=O)O)C(=O)c1ccc(CN2CC(C)OC(C)C2)cc1. The first kappa shape index (κ1) is 19.4. The molecule has 1 fully saturated rings. The maximum atomic E-state index is 12.5. The predicted molar refractivity (Wildman–Crippen MR) is 95.6 cm³/mol. The average molecular weight is 348 g/mol. The predicted octanol–water partition coefficient (Wildman–Crippen LogP) is 2.23. The Labute approximate surface area is 149 Å². The van der Waals surface area contributed by atoms with Crippen LogP contribution in [0.1, 0.15) is 43.1 Å². The van der Waals surface area contributed by atoms with Gasteiger partial charge in [-0.1, -0.05) is 19.1 Å². The third-order valence-electron chi connectivity index (χ3n) is 4.21. The highest BCUT2D eigenvalue weighted by Crippen LogP contribution is 2.15. The zero-order valence-electron chi connectivity index (χ0n) is 15.3. The maximum Gasteiger partial charge on any atom is 0.323 e. The highest BCUT2D eigenvalue weighted by Gasteiger charge is 2.22. The van der Waals surface area contributed by atoms with Gasteiger partial charge < -0.3 is 14.7 Å². The van der Waals surface area contributed by atoms with Crippen molar-refractivity contribution in [1.29, 1.82) is 0 Å². The maximum absolute atomic E-state index is 12.5. The minimum absolute atomic E-state index is 0.225. The van der Waals surface area contributed by atoms with E-state index in [2.05, 4.69) is 18.7 Å². The van der Waals surface area contributed by atoms with Gasteiger partial charge in [0, 0.05) is 31.7 Å². The summed E-state index contributed by atoms with van der Waals surface area (Å²) in [6.45, 7) is 8.87. The fraction of sp³-hybridized carbons (Fsp3) is 0.579. The van der Waals surface area contributed by atoms with Crippen molar-refractivity contribution in [3.8, 4) is 0 Å². The van der Waals surface area contributed by atoms with Crippen molar-refractivity contribution in [3.63, 3.8) is 0 Å². The van der Waals surface area contributed by atoms with Crippen molar-refractivity contribution < 1.29 is 19.4 Å². The van der Waals surface area contributed by atoms with E-state index in [0.29, 0.717) is 12.1 Å².